The van der Waals surface area contributed by atoms with Crippen LogP contribution in [0.1, 0.15) is 10.5 Å². The molecular weight excluding hydrogens is 215 g/mol. The second-order valence-electron chi connectivity index (χ2n) is 3.13. The molecule has 2 rings (SSSR count). The van der Waals surface area contributed by atoms with Gasteiger partial charge in [-0.2, -0.15) is 5.10 Å². The third-order valence-electron chi connectivity index (χ3n) is 2.04. The largest absolute Gasteiger partial charge is 0.507 e. The Labute approximate surface area is 89.2 Å². The molecule has 0 atom stereocenters. The smallest absolute Gasteiger partial charge is 0.353 e. The number of carboxylic acids is 1. The quantitative estimate of drug-likeness (QED) is 0.720. The summed E-state index contributed by atoms with van der Waals surface area (Å²) in [7, 11) is 0. The van der Waals surface area contributed by atoms with Gasteiger partial charge in [0.2, 0.25) is 0 Å². The molecule has 0 saturated heterocycles. The number of aromatic carboxylic acids is 1. The van der Waals surface area contributed by atoms with Crippen molar-refractivity contribution in [1.29, 1.82) is 0 Å². The lowest BCUT2D eigenvalue weighted by Gasteiger charge is -1.99. The van der Waals surface area contributed by atoms with Gasteiger partial charge < -0.3 is 10.2 Å². The van der Waals surface area contributed by atoms with Gasteiger partial charge in [0.05, 0.1) is 5.69 Å². The number of phenolic OH excluding ortho intramolecular Hbond substituents is 1. The molecule has 2 aromatic rings. The van der Waals surface area contributed by atoms with Gasteiger partial charge in [0.1, 0.15) is 17.3 Å². The van der Waals surface area contributed by atoms with Crippen molar-refractivity contribution in [2.45, 2.75) is 0 Å². The summed E-state index contributed by atoms with van der Waals surface area (Å²) in [4.78, 5) is 10.6. The van der Waals surface area contributed by atoms with Gasteiger partial charge >= 0.3 is 5.97 Å². The molecule has 0 amide bonds. The van der Waals surface area contributed by atoms with E-state index in [4.69, 9.17) is 5.11 Å². The van der Waals surface area contributed by atoms with Gasteiger partial charge in [-0.05, 0) is 24.3 Å². The summed E-state index contributed by atoms with van der Waals surface area (Å²) in [6.07, 6.45) is 0. The highest BCUT2D eigenvalue weighted by atomic mass is 19.1. The summed E-state index contributed by atoms with van der Waals surface area (Å²) in [5, 5.41) is 24.1. The van der Waals surface area contributed by atoms with Crippen molar-refractivity contribution in [1.82, 2.24) is 10.2 Å². The van der Waals surface area contributed by atoms with E-state index in [-0.39, 0.29) is 22.7 Å². The number of carbonyl (C=O) groups is 1. The molecule has 0 saturated carbocycles. The molecule has 0 fully saturated rings. The van der Waals surface area contributed by atoms with Crippen LogP contribution in [-0.4, -0.2) is 26.4 Å². The molecule has 1 heterocycles. The summed E-state index contributed by atoms with van der Waals surface area (Å²) >= 11 is 0. The molecule has 3 N–H and O–H groups in total. The maximum absolute atomic E-state index is 12.9. The van der Waals surface area contributed by atoms with Crippen molar-refractivity contribution >= 4 is 5.97 Å². The highest BCUT2D eigenvalue weighted by Gasteiger charge is 2.12. The fraction of sp³-hybridized carbons (Fsp3) is 0. The van der Waals surface area contributed by atoms with Gasteiger partial charge in [-0.25, -0.2) is 9.18 Å². The monoisotopic (exact) mass is 222 g/mol. The van der Waals surface area contributed by atoms with Gasteiger partial charge in [0, 0.05) is 5.56 Å². The molecule has 0 aliphatic rings. The first-order valence-electron chi connectivity index (χ1n) is 4.35. The number of hydrogen-bond acceptors (Lipinski definition) is 3. The molecule has 0 radical (unpaired) electrons. The fourth-order valence-electron chi connectivity index (χ4n) is 1.28. The number of benzene rings is 1. The van der Waals surface area contributed by atoms with Crippen molar-refractivity contribution in [2.24, 2.45) is 0 Å². The average Bonchev–Trinajstić information content (AvgIpc) is 2.70. The van der Waals surface area contributed by atoms with Crippen molar-refractivity contribution in [3.63, 3.8) is 0 Å². The number of aromatic hydroxyl groups is 1. The van der Waals surface area contributed by atoms with Crippen molar-refractivity contribution in [3.05, 3.63) is 35.8 Å². The lowest BCUT2D eigenvalue weighted by Crippen LogP contribution is -1.95. The van der Waals surface area contributed by atoms with Crippen molar-refractivity contribution in [2.75, 3.05) is 0 Å². The highest BCUT2D eigenvalue weighted by Crippen LogP contribution is 2.28. The van der Waals surface area contributed by atoms with E-state index in [1.807, 2.05) is 0 Å². The minimum Gasteiger partial charge on any atom is -0.507 e. The number of aromatic nitrogens is 2. The van der Waals surface area contributed by atoms with Crippen LogP contribution in [0.15, 0.2) is 24.3 Å². The summed E-state index contributed by atoms with van der Waals surface area (Å²) in [5.74, 6) is -1.87. The second-order valence-corrected chi connectivity index (χ2v) is 3.13. The Kier molecular flexibility index (Phi) is 2.32. The van der Waals surface area contributed by atoms with Crippen LogP contribution < -0.4 is 0 Å². The van der Waals surface area contributed by atoms with Crippen LogP contribution in [0.4, 0.5) is 4.39 Å². The average molecular weight is 222 g/mol. The van der Waals surface area contributed by atoms with Gasteiger partial charge in [0.15, 0.2) is 0 Å². The van der Waals surface area contributed by atoms with Gasteiger partial charge in [0.25, 0.3) is 0 Å². The van der Waals surface area contributed by atoms with Crippen LogP contribution in [0.5, 0.6) is 5.75 Å². The van der Waals surface area contributed by atoms with Crippen LogP contribution in [0.3, 0.4) is 0 Å². The van der Waals surface area contributed by atoms with Crippen molar-refractivity contribution < 1.29 is 19.4 Å². The van der Waals surface area contributed by atoms with Crippen LogP contribution in [0.2, 0.25) is 0 Å². The summed E-state index contributed by atoms with van der Waals surface area (Å²) in [5.41, 5.74) is 0.191. The maximum atomic E-state index is 12.9. The molecule has 0 bridgehead atoms. The Morgan fingerprint density at radius 1 is 1.38 bits per heavy atom. The molecule has 0 spiro atoms. The molecular formula is C10H7FN2O3. The molecule has 0 unspecified atom stereocenters. The molecule has 6 heteroatoms. The van der Waals surface area contributed by atoms with E-state index in [2.05, 4.69) is 10.2 Å². The molecule has 82 valence electrons. The normalized spacial score (nSPS) is 10.3. The maximum Gasteiger partial charge on any atom is 0.353 e. The Bertz CT molecular complexity index is 551. The highest BCUT2D eigenvalue weighted by molar-refractivity contribution is 5.87. The van der Waals surface area contributed by atoms with E-state index in [0.717, 1.165) is 12.1 Å². The van der Waals surface area contributed by atoms with E-state index < -0.39 is 11.8 Å². The third-order valence-corrected chi connectivity index (χ3v) is 2.04. The van der Waals surface area contributed by atoms with Gasteiger partial charge in [-0.1, -0.05) is 0 Å². The second kappa shape index (κ2) is 3.65. The molecule has 0 aliphatic carbocycles. The number of rotatable bonds is 2. The minimum atomic E-state index is -1.17. The van der Waals surface area contributed by atoms with Crippen molar-refractivity contribution in [3.8, 4) is 17.0 Å². The van der Waals surface area contributed by atoms with E-state index in [0.29, 0.717) is 0 Å². The number of phenols is 1. The number of nitrogens with one attached hydrogen (secondary N) is 1. The summed E-state index contributed by atoms with van der Waals surface area (Å²) in [6.45, 7) is 0. The van der Waals surface area contributed by atoms with E-state index >= 15 is 0 Å². The molecule has 0 aliphatic heterocycles. The number of halogens is 1. The van der Waals surface area contributed by atoms with Gasteiger partial charge in [-0.15, -0.1) is 0 Å². The first kappa shape index (κ1) is 10.2. The fourth-order valence-corrected chi connectivity index (χ4v) is 1.28. The SMILES string of the molecule is O=C(O)c1cc(-c2cc(F)ccc2O)n[nH]1. The Balaban J connectivity index is 2.50. The van der Waals surface area contributed by atoms with Crippen LogP contribution in [0, 0.1) is 5.82 Å². The number of carboxylic acid groups (broad SMARTS) is 1. The number of nitrogens with zero attached hydrogens (tertiary/aromatic N) is 1. The molecule has 16 heavy (non-hydrogen) atoms. The zero-order chi connectivity index (χ0) is 11.7. The lowest BCUT2D eigenvalue weighted by atomic mass is 10.1. The van der Waals surface area contributed by atoms with Gasteiger partial charge in [-0.3, -0.25) is 5.10 Å². The predicted molar refractivity (Wildman–Crippen MR) is 52.6 cm³/mol. The minimum absolute atomic E-state index is 0.126. The van der Waals surface area contributed by atoms with E-state index in [9.17, 15) is 14.3 Å². The Morgan fingerprint density at radius 3 is 2.75 bits per heavy atom. The Morgan fingerprint density at radius 2 is 2.12 bits per heavy atom. The lowest BCUT2D eigenvalue weighted by molar-refractivity contribution is 0.0690. The summed E-state index contributed by atoms with van der Waals surface area (Å²) < 4.78 is 12.9. The van der Waals surface area contributed by atoms with Crippen LogP contribution in [0.25, 0.3) is 11.3 Å². The first-order valence-corrected chi connectivity index (χ1v) is 4.35. The first-order chi connectivity index (χ1) is 7.58. The number of H-pyrrole nitrogens is 1. The topological polar surface area (TPSA) is 86.2 Å². The summed E-state index contributed by atoms with van der Waals surface area (Å²) in [6, 6.07) is 4.58. The predicted octanol–water partition coefficient (Wildman–Crippen LogP) is 1.62. The number of hydrogen-bond donors (Lipinski definition) is 3. The Hall–Kier alpha value is -2.37. The third kappa shape index (κ3) is 1.72. The standard InChI is InChI=1S/C10H7FN2O3/c11-5-1-2-9(14)6(3-5)7-4-8(10(15)16)13-12-7/h1-4,14H,(H,12,13)(H,15,16). The van der Waals surface area contributed by atoms with E-state index in [1.54, 1.807) is 0 Å². The van der Waals surface area contributed by atoms with Crippen LogP contribution in [-0.2, 0) is 0 Å². The zero-order valence-corrected chi connectivity index (χ0v) is 7.94. The zero-order valence-electron chi connectivity index (χ0n) is 7.94. The molecule has 1 aromatic heterocycles. The van der Waals surface area contributed by atoms with Crippen LogP contribution >= 0.6 is 0 Å². The number of aromatic amines is 1. The molecule has 5 nitrogen and oxygen atoms in total. The van der Waals surface area contributed by atoms with E-state index in [1.165, 1.54) is 12.1 Å². The molecule has 1 aromatic carbocycles.